The third-order valence-corrected chi connectivity index (χ3v) is 3.42. The van der Waals surface area contributed by atoms with E-state index >= 15 is 0 Å². The van der Waals surface area contributed by atoms with E-state index in [4.69, 9.17) is 16.7 Å². The molecule has 0 radical (unpaired) electrons. The molecule has 0 aliphatic rings. The highest BCUT2D eigenvalue weighted by molar-refractivity contribution is 6.29. The Balaban J connectivity index is 2.50. The van der Waals surface area contributed by atoms with Crippen molar-refractivity contribution in [1.82, 2.24) is 9.55 Å². The minimum atomic E-state index is -1.40. The summed E-state index contributed by atoms with van der Waals surface area (Å²) in [6, 6.07) is 9.57. The fourth-order valence-electron chi connectivity index (χ4n) is 2.14. The molecule has 0 aliphatic heterocycles. The second kappa shape index (κ2) is 5.23. The molecular weight excluding hydrogens is 311 g/mol. The zero-order valence-electron chi connectivity index (χ0n) is 11.0. The van der Waals surface area contributed by atoms with Crippen LogP contribution in [0.5, 0.6) is 0 Å². The molecule has 1 N–H and O–H groups in total. The molecule has 0 bridgehead atoms. The van der Waals surface area contributed by atoms with Crippen LogP contribution in [0.15, 0.2) is 47.4 Å². The lowest BCUT2D eigenvalue weighted by Gasteiger charge is -2.12. The van der Waals surface area contributed by atoms with Gasteiger partial charge in [0.2, 0.25) is 5.43 Å². The van der Waals surface area contributed by atoms with Gasteiger partial charge in [-0.1, -0.05) is 29.8 Å². The lowest BCUT2D eigenvalue weighted by Crippen LogP contribution is -2.19. The van der Waals surface area contributed by atoms with E-state index in [1.54, 1.807) is 30.3 Å². The molecule has 5 nitrogen and oxygen atoms in total. The van der Waals surface area contributed by atoms with Crippen molar-refractivity contribution in [3.8, 4) is 5.69 Å². The normalized spacial score (nSPS) is 10.8. The van der Waals surface area contributed by atoms with Gasteiger partial charge in [0.25, 0.3) is 0 Å². The molecule has 0 aliphatic carbocycles. The standard InChI is InChI=1S/C15H8ClFN2O3/c16-13-11(17)6-9-12(20)10(15(21)22)7-19(14(9)18-13)8-4-2-1-3-5-8/h1-7H,(H,21,22). The first-order valence-electron chi connectivity index (χ1n) is 6.19. The second-order valence-corrected chi connectivity index (χ2v) is 4.87. The van der Waals surface area contributed by atoms with Crippen molar-refractivity contribution in [1.29, 1.82) is 0 Å². The van der Waals surface area contributed by atoms with E-state index in [0.29, 0.717) is 5.69 Å². The van der Waals surface area contributed by atoms with Gasteiger partial charge >= 0.3 is 5.97 Å². The number of halogens is 2. The van der Waals surface area contributed by atoms with Crippen LogP contribution in [0, 0.1) is 5.82 Å². The number of aromatic nitrogens is 2. The Morgan fingerprint density at radius 2 is 1.95 bits per heavy atom. The van der Waals surface area contributed by atoms with Crippen LogP contribution in [0.25, 0.3) is 16.7 Å². The van der Waals surface area contributed by atoms with E-state index in [1.807, 2.05) is 0 Å². The van der Waals surface area contributed by atoms with E-state index < -0.39 is 22.8 Å². The third kappa shape index (κ3) is 2.23. The predicted molar refractivity (Wildman–Crippen MR) is 79.3 cm³/mol. The molecule has 0 unspecified atom stereocenters. The summed E-state index contributed by atoms with van der Waals surface area (Å²) >= 11 is 5.68. The topological polar surface area (TPSA) is 72.2 Å². The van der Waals surface area contributed by atoms with Gasteiger partial charge in [0.05, 0.1) is 5.39 Å². The predicted octanol–water partition coefficient (Wildman–Crippen LogP) is 2.88. The van der Waals surface area contributed by atoms with Crippen molar-refractivity contribution in [2.45, 2.75) is 0 Å². The molecule has 0 fully saturated rings. The number of fused-ring (bicyclic) bond motifs is 1. The zero-order valence-corrected chi connectivity index (χ0v) is 11.7. The minimum absolute atomic E-state index is 0.0904. The SMILES string of the molecule is O=C(O)c1cn(-c2ccccc2)c2nc(Cl)c(F)cc2c1=O. The molecule has 0 saturated heterocycles. The molecule has 7 heteroatoms. The molecular formula is C15H8ClFN2O3. The lowest BCUT2D eigenvalue weighted by molar-refractivity contribution is 0.0695. The van der Waals surface area contributed by atoms with Crippen molar-refractivity contribution in [2.75, 3.05) is 0 Å². The van der Waals surface area contributed by atoms with Crippen LogP contribution < -0.4 is 5.43 Å². The van der Waals surface area contributed by atoms with Crippen molar-refractivity contribution >= 4 is 28.6 Å². The van der Waals surface area contributed by atoms with Gasteiger partial charge in [-0.05, 0) is 18.2 Å². The summed E-state index contributed by atoms with van der Waals surface area (Å²) in [5, 5.41) is 8.63. The molecule has 3 aromatic rings. The van der Waals surface area contributed by atoms with Crippen LogP contribution in [0.1, 0.15) is 10.4 Å². The Labute approximate surface area is 128 Å². The molecule has 0 atom stereocenters. The highest BCUT2D eigenvalue weighted by atomic mass is 35.5. The average Bonchev–Trinajstić information content (AvgIpc) is 2.50. The van der Waals surface area contributed by atoms with E-state index in [2.05, 4.69) is 4.98 Å². The van der Waals surface area contributed by atoms with Gasteiger partial charge in [-0.15, -0.1) is 0 Å². The molecule has 2 heterocycles. The summed E-state index contributed by atoms with van der Waals surface area (Å²) in [6.07, 6.45) is 1.16. The Morgan fingerprint density at radius 3 is 2.59 bits per heavy atom. The summed E-state index contributed by atoms with van der Waals surface area (Å²) < 4.78 is 15.0. The Morgan fingerprint density at radius 1 is 1.27 bits per heavy atom. The van der Waals surface area contributed by atoms with Gasteiger partial charge in [-0.3, -0.25) is 4.79 Å². The van der Waals surface area contributed by atoms with E-state index in [9.17, 15) is 14.0 Å². The number of carboxylic acids is 1. The van der Waals surface area contributed by atoms with E-state index in [0.717, 1.165) is 12.3 Å². The first kappa shape index (κ1) is 14.2. The van der Waals surface area contributed by atoms with Gasteiger partial charge in [-0.25, -0.2) is 14.2 Å². The quantitative estimate of drug-likeness (QED) is 0.737. The fourth-order valence-corrected chi connectivity index (χ4v) is 2.27. The maximum Gasteiger partial charge on any atom is 0.341 e. The van der Waals surface area contributed by atoms with Gasteiger partial charge in [0.1, 0.15) is 11.2 Å². The molecule has 0 amide bonds. The largest absolute Gasteiger partial charge is 0.477 e. The zero-order chi connectivity index (χ0) is 15.9. The number of nitrogens with zero attached hydrogens (tertiary/aromatic N) is 2. The Hall–Kier alpha value is -2.73. The smallest absolute Gasteiger partial charge is 0.341 e. The number of hydrogen-bond donors (Lipinski definition) is 1. The van der Waals surface area contributed by atoms with Crippen molar-refractivity contribution < 1.29 is 14.3 Å². The Kier molecular flexibility index (Phi) is 3.38. The van der Waals surface area contributed by atoms with Gasteiger partial charge in [0.15, 0.2) is 11.0 Å². The molecule has 22 heavy (non-hydrogen) atoms. The average molecular weight is 319 g/mol. The van der Waals surface area contributed by atoms with Crippen molar-refractivity contribution in [2.24, 2.45) is 0 Å². The minimum Gasteiger partial charge on any atom is -0.477 e. The summed E-state index contributed by atoms with van der Waals surface area (Å²) in [7, 11) is 0. The summed E-state index contributed by atoms with van der Waals surface area (Å²) in [4.78, 5) is 27.3. The summed E-state index contributed by atoms with van der Waals surface area (Å²) in [6.45, 7) is 0. The molecule has 0 saturated carbocycles. The number of rotatable bonds is 2. The molecule has 3 rings (SSSR count). The molecule has 1 aromatic carbocycles. The molecule has 0 spiro atoms. The van der Waals surface area contributed by atoms with Crippen LogP contribution in [-0.2, 0) is 0 Å². The van der Waals surface area contributed by atoms with Crippen LogP contribution in [-0.4, -0.2) is 20.6 Å². The lowest BCUT2D eigenvalue weighted by atomic mass is 10.2. The number of benzene rings is 1. The van der Waals surface area contributed by atoms with Crippen LogP contribution in [0.2, 0.25) is 5.15 Å². The van der Waals surface area contributed by atoms with Crippen LogP contribution in [0.4, 0.5) is 4.39 Å². The molecule has 2 aromatic heterocycles. The highest BCUT2D eigenvalue weighted by Gasteiger charge is 2.18. The first-order chi connectivity index (χ1) is 10.5. The number of para-hydroxylation sites is 1. The maximum atomic E-state index is 13.6. The van der Waals surface area contributed by atoms with Crippen LogP contribution >= 0.6 is 11.6 Å². The van der Waals surface area contributed by atoms with Crippen molar-refractivity contribution in [3.63, 3.8) is 0 Å². The van der Waals surface area contributed by atoms with Gasteiger partial charge < -0.3 is 9.67 Å². The number of hydrogen-bond acceptors (Lipinski definition) is 3. The number of carbonyl (C=O) groups is 1. The first-order valence-corrected chi connectivity index (χ1v) is 6.57. The monoisotopic (exact) mass is 318 g/mol. The van der Waals surface area contributed by atoms with Crippen LogP contribution in [0.3, 0.4) is 0 Å². The summed E-state index contributed by atoms with van der Waals surface area (Å²) in [5.41, 5.74) is -0.615. The number of pyridine rings is 2. The highest BCUT2D eigenvalue weighted by Crippen LogP contribution is 2.20. The van der Waals surface area contributed by atoms with E-state index in [1.165, 1.54) is 4.57 Å². The van der Waals surface area contributed by atoms with Gasteiger partial charge in [0, 0.05) is 11.9 Å². The molecule has 110 valence electrons. The summed E-state index contributed by atoms with van der Waals surface area (Å²) in [5.74, 6) is -2.28. The second-order valence-electron chi connectivity index (χ2n) is 4.51. The fraction of sp³-hybridized carbons (Fsp3) is 0. The number of aromatic carboxylic acids is 1. The Bertz CT molecular complexity index is 954. The maximum absolute atomic E-state index is 13.6. The van der Waals surface area contributed by atoms with Gasteiger partial charge in [-0.2, -0.15) is 0 Å². The third-order valence-electron chi connectivity index (χ3n) is 3.15. The van der Waals surface area contributed by atoms with E-state index in [-0.39, 0.29) is 16.2 Å². The van der Waals surface area contributed by atoms with Crippen molar-refractivity contribution in [3.05, 3.63) is 69.4 Å². The number of carboxylic acid groups (broad SMARTS) is 1.